The fourth-order valence-electron chi connectivity index (χ4n) is 3.86. The molecule has 1 atom stereocenters. The van der Waals surface area contributed by atoms with Gasteiger partial charge in [-0.2, -0.15) is 0 Å². The van der Waals surface area contributed by atoms with Crippen LogP contribution in [0.3, 0.4) is 0 Å². The summed E-state index contributed by atoms with van der Waals surface area (Å²) < 4.78 is 0. The Morgan fingerprint density at radius 1 is 0.950 bits per heavy atom. The Bertz CT molecular complexity index is 555. The Morgan fingerprint density at radius 3 is 2.50 bits per heavy atom. The number of rotatable bonds is 4. The molecule has 2 aromatic rings. The van der Waals surface area contributed by atoms with Gasteiger partial charge < -0.3 is 0 Å². The number of unbranched alkanes of at least 4 members (excludes halogenated alkanes) is 1. The van der Waals surface area contributed by atoms with Gasteiger partial charge in [-0.3, -0.25) is 0 Å². The van der Waals surface area contributed by atoms with Crippen LogP contribution in [-0.4, -0.2) is 0 Å². The van der Waals surface area contributed by atoms with Gasteiger partial charge >= 0.3 is 0 Å². The second-order valence-electron chi connectivity index (χ2n) is 6.06. The molecule has 0 fully saturated rings. The molecule has 1 aliphatic carbocycles. The summed E-state index contributed by atoms with van der Waals surface area (Å²) in [6, 6.07) is 20.3. The topological polar surface area (TPSA) is 0 Å². The van der Waals surface area contributed by atoms with Crippen LogP contribution in [-0.2, 0) is 11.8 Å². The molecule has 0 spiro atoms. The Kier molecular flexibility index (Phi) is 3.91. The first-order valence-electron chi connectivity index (χ1n) is 8.01. The maximum absolute atomic E-state index is 2.37. The van der Waals surface area contributed by atoms with E-state index in [1.54, 1.807) is 11.1 Å². The fraction of sp³-hybridized carbons (Fsp3) is 0.400. The lowest BCUT2D eigenvalue weighted by atomic mass is 9.63. The van der Waals surface area contributed by atoms with Crippen LogP contribution in [0.1, 0.15) is 55.7 Å². The molecule has 1 unspecified atom stereocenters. The van der Waals surface area contributed by atoms with E-state index < -0.39 is 0 Å². The highest BCUT2D eigenvalue weighted by Crippen LogP contribution is 2.46. The third-order valence-corrected chi connectivity index (χ3v) is 4.87. The van der Waals surface area contributed by atoms with E-state index in [1.807, 2.05) is 0 Å². The van der Waals surface area contributed by atoms with Gasteiger partial charge in [0.1, 0.15) is 0 Å². The van der Waals surface area contributed by atoms with Gasteiger partial charge in [-0.1, -0.05) is 74.4 Å². The molecule has 0 heteroatoms. The first kappa shape index (κ1) is 13.4. The molecular weight excluding hydrogens is 240 g/mol. The number of hydrogen-bond donors (Lipinski definition) is 0. The van der Waals surface area contributed by atoms with Gasteiger partial charge in [0.15, 0.2) is 0 Å². The molecule has 0 saturated carbocycles. The molecule has 1 aliphatic rings. The monoisotopic (exact) mass is 264 g/mol. The maximum atomic E-state index is 2.37. The fourth-order valence-corrected chi connectivity index (χ4v) is 3.86. The Morgan fingerprint density at radius 2 is 1.70 bits per heavy atom. The van der Waals surface area contributed by atoms with Crippen molar-refractivity contribution in [2.75, 3.05) is 0 Å². The normalized spacial score (nSPS) is 21.4. The second-order valence-corrected chi connectivity index (χ2v) is 6.06. The van der Waals surface area contributed by atoms with Gasteiger partial charge in [0.05, 0.1) is 0 Å². The van der Waals surface area contributed by atoms with Crippen molar-refractivity contribution < 1.29 is 0 Å². The summed E-state index contributed by atoms with van der Waals surface area (Å²) in [5, 5.41) is 0. The van der Waals surface area contributed by atoms with E-state index in [0.29, 0.717) is 0 Å². The highest BCUT2D eigenvalue weighted by Gasteiger charge is 2.37. The minimum Gasteiger partial charge on any atom is -0.0654 e. The van der Waals surface area contributed by atoms with Crippen LogP contribution in [0.2, 0.25) is 0 Å². The Labute approximate surface area is 122 Å². The second kappa shape index (κ2) is 5.83. The van der Waals surface area contributed by atoms with Crippen molar-refractivity contribution in [3.05, 3.63) is 71.3 Å². The molecule has 3 rings (SSSR count). The molecule has 0 heterocycles. The van der Waals surface area contributed by atoms with E-state index in [-0.39, 0.29) is 5.41 Å². The van der Waals surface area contributed by atoms with Crippen molar-refractivity contribution >= 4 is 0 Å². The average Bonchev–Trinajstić information content (AvgIpc) is 2.54. The molecule has 0 saturated heterocycles. The van der Waals surface area contributed by atoms with E-state index in [9.17, 15) is 0 Å². The van der Waals surface area contributed by atoms with Gasteiger partial charge in [0.25, 0.3) is 0 Å². The minimum absolute atomic E-state index is 0.256. The molecule has 0 N–H and O–H groups in total. The van der Waals surface area contributed by atoms with Crippen molar-refractivity contribution in [1.82, 2.24) is 0 Å². The smallest absolute Gasteiger partial charge is 0.0205 e. The standard InChI is InChI=1S/C20H24/c1-2-3-15-20(18-12-5-4-6-13-18)16-9-11-17-10-7-8-14-19(17)20/h4-8,10,12-14H,2-3,9,11,15-16H2,1H3. The zero-order valence-electron chi connectivity index (χ0n) is 12.4. The first-order valence-corrected chi connectivity index (χ1v) is 8.01. The summed E-state index contributed by atoms with van der Waals surface area (Å²) in [4.78, 5) is 0. The lowest BCUT2D eigenvalue weighted by molar-refractivity contribution is 0.386. The van der Waals surface area contributed by atoms with Crippen LogP contribution < -0.4 is 0 Å². The van der Waals surface area contributed by atoms with Crippen molar-refractivity contribution in [1.29, 1.82) is 0 Å². The molecule has 2 aromatic carbocycles. The van der Waals surface area contributed by atoms with Crippen LogP contribution in [0, 0.1) is 0 Å². The molecule has 0 aromatic heterocycles. The molecule has 20 heavy (non-hydrogen) atoms. The number of fused-ring (bicyclic) bond motifs is 1. The van der Waals surface area contributed by atoms with Crippen LogP contribution in [0.25, 0.3) is 0 Å². The predicted molar refractivity (Wildman–Crippen MR) is 86.1 cm³/mol. The van der Waals surface area contributed by atoms with Gasteiger partial charge in [-0.05, 0) is 42.4 Å². The number of aryl methyl sites for hydroxylation is 1. The van der Waals surface area contributed by atoms with Crippen molar-refractivity contribution in [3.63, 3.8) is 0 Å². The molecule has 0 radical (unpaired) electrons. The van der Waals surface area contributed by atoms with Crippen molar-refractivity contribution in [2.24, 2.45) is 0 Å². The third kappa shape index (κ3) is 2.28. The average molecular weight is 264 g/mol. The summed E-state index contributed by atoms with van der Waals surface area (Å²) in [5.41, 5.74) is 4.93. The van der Waals surface area contributed by atoms with E-state index in [0.717, 1.165) is 0 Å². The number of hydrogen-bond acceptors (Lipinski definition) is 0. The van der Waals surface area contributed by atoms with Gasteiger partial charge in [0.2, 0.25) is 0 Å². The molecule has 0 bridgehead atoms. The van der Waals surface area contributed by atoms with Gasteiger partial charge in [-0.25, -0.2) is 0 Å². The van der Waals surface area contributed by atoms with Crippen LogP contribution in [0.5, 0.6) is 0 Å². The highest BCUT2D eigenvalue weighted by molar-refractivity contribution is 5.45. The minimum atomic E-state index is 0.256. The van der Waals surface area contributed by atoms with Crippen LogP contribution in [0.4, 0.5) is 0 Å². The van der Waals surface area contributed by atoms with E-state index in [1.165, 1.54) is 44.1 Å². The quantitative estimate of drug-likeness (QED) is 0.684. The lowest BCUT2D eigenvalue weighted by Crippen LogP contribution is -2.32. The summed E-state index contributed by atoms with van der Waals surface area (Å²) in [6.07, 6.45) is 7.73. The predicted octanol–water partition coefficient (Wildman–Crippen LogP) is 5.50. The number of benzene rings is 2. The summed E-state index contributed by atoms with van der Waals surface area (Å²) in [7, 11) is 0. The van der Waals surface area contributed by atoms with Gasteiger partial charge in [0, 0.05) is 5.41 Å². The van der Waals surface area contributed by atoms with Crippen LogP contribution >= 0.6 is 0 Å². The van der Waals surface area contributed by atoms with Crippen molar-refractivity contribution in [2.45, 2.75) is 50.9 Å². The summed E-state index contributed by atoms with van der Waals surface area (Å²) in [6.45, 7) is 2.30. The Hall–Kier alpha value is -1.56. The lowest BCUT2D eigenvalue weighted by Gasteiger charge is -2.40. The molecule has 0 aliphatic heterocycles. The highest BCUT2D eigenvalue weighted by atomic mass is 14.4. The molecule has 0 nitrogen and oxygen atoms in total. The zero-order chi connectivity index (χ0) is 13.8. The third-order valence-electron chi connectivity index (χ3n) is 4.87. The largest absolute Gasteiger partial charge is 0.0654 e. The summed E-state index contributed by atoms with van der Waals surface area (Å²) in [5.74, 6) is 0. The van der Waals surface area contributed by atoms with E-state index >= 15 is 0 Å². The molecule has 104 valence electrons. The van der Waals surface area contributed by atoms with Crippen LogP contribution in [0.15, 0.2) is 54.6 Å². The molecular formula is C20H24. The molecule has 0 amide bonds. The van der Waals surface area contributed by atoms with E-state index in [2.05, 4.69) is 61.5 Å². The first-order chi connectivity index (χ1) is 9.87. The SMILES string of the molecule is CCCCC1(c2ccccc2)CCCc2ccccc21. The van der Waals surface area contributed by atoms with E-state index in [4.69, 9.17) is 0 Å². The zero-order valence-corrected chi connectivity index (χ0v) is 12.4. The maximum Gasteiger partial charge on any atom is 0.0205 e. The van der Waals surface area contributed by atoms with Gasteiger partial charge in [-0.15, -0.1) is 0 Å². The van der Waals surface area contributed by atoms with Crippen molar-refractivity contribution in [3.8, 4) is 0 Å². The Balaban J connectivity index is 2.12. The summed E-state index contributed by atoms with van der Waals surface area (Å²) >= 11 is 0.